The third kappa shape index (κ3) is 3.63. The highest BCUT2D eigenvalue weighted by Gasteiger charge is 2.37. The molecule has 0 amide bonds. The monoisotopic (exact) mass is 288 g/mol. The fourth-order valence-electron chi connectivity index (χ4n) is 1.81. The van der Waals surface area contributed by atoms with E-state index in [4.69, 9.17) is 5.26 Å². The molecule has 0 aliphatic heterocycles. The van der Waals surface area contributed by atoms with Crippen LogP contribution in [-0.2, 0) is 0 Å². The molecule has 0 aromatic heterocycles. The van der Waals surface area contributed by atoms with Gasteiger partial charge in [-0.1, -0.05) is 48.5 Å². The van der Waals surface area contributed by atoms with Crippen molar-refractivity contribution in [2.24, 2.45) is 0 Å². The summed E-state index contributed by atoms with van der Waals surface area (Å²) in [6, 6.07) is 17.4. The van der Waals surface area contributed by atoms with E-state index in [0.29, 0.717) is 0 Å². The lowest BCUT2D eigenvalue weighted by atomic mass is 10.0. The molecule has 0 bridgehead atoms. The number of anilines is 1. The summed E-state index contributed by atoms with van der Waals surface area (Å²) in [6.45, 7) is 0. The molecule has 0 spiro atoms. The number of allylic oxidation sites excluding steroid dienone is 2. The Hall–Kier alpha value is -2.74. The van der Waals surface area contributed by atoms with Gasteiger partial charge in [0.1, 0.15) is 11.8 Å². The summed E-state index contributed by atoms with van der Waals surface area (Å²) in [5, 5.41) is 11.4. The summed E-state index contributed by atoms with van der Waals surface area (Å²) in [4.78, 5) is 0. The number of nitrogens with zero attached hydrogens (tertiary/aromatic N) is 1. The first-order valence-corrected chi connectivity index (χ1v) is 6.11. The number of alkyl halides is 3. The minimum Gasteiger partial charge on any atom is -0.350 e. The highest BCUT2D eigenvalue weighted by molar-refractivity contribution is 5.82. The maximum absolute atomic E-state index is 13.3. The minimum atomic E-state index is -4.66. The predicted molar refractivity (Wildman–Crippen MR) is 75.1 cm³/mol. The van der Waals surface area contributed by atoms with Crippen molar-refractivity contribution in [3.8, 4) is 6.07 Å². The highest BCUT2D eigenvalue weighted by atomic mass is 19.4. The van der Waals surface area contributed by atoms with Crippen molar-refractivity contribution in [3.63, 3.8) is 0 Å². The molecule has 21 heavy (non-hydrogen) atoms. The average molecular weight is 288 g/mol. The van der Waals surface area contributed by atoms with Crippen molar-refractivity contribution in [3.05, 3.63) is 71.9 Å². The van der Waals surface area contributed by atoms with Crippen molar-refractivity contribution in [2.75, 3.05) is 5.32 Å². The van der Waals surface area contributed by atoms with Crippen LogP contribution >= 0.6 is 0 Å². The van der Waals surface area contributed by atoms with Crippen LogP contribution in [-0.4, -0.2) is 6.18 Å². The molecule has 0 fully saturated rings. The zero-order chi connectivity index (χ0) is 15.3. The van der Waals surface area contributed by atoms with Crippen molar-refractivity contribution >= 4 is 11.3 Å². The lowest BCUT2D eigenvalue weighted by Gasteiger charge is -2.16. The van der Waals surface area contributed by atoms with Gasteiger partial charge in [-0.3, -0.25) is 0 Å². The largest absolute Gasteiger partial charge is 0.432 e. The Kier molecular flexibility index (Phi) is 4.29. The zero-order valence-electron chi connectivity index (χ0n) is 10.9. The molecule has 2 rings (SSSR count). The Morgan fingerprint density at radius 3 is 1.90 bits per heavy atom. The van der Waals surface area contributed by atoms with E-state index in [-0.39, 0.29) is 11.3 Å². The first-order chi connectivity index (χ1) is 10.0. The topological polar surface area (TPSA) is 35.8 Å². The van der Waals surface area contributed by atoms with Crippen LogP contribution in [0.1, 0.15) is 5.56 Å². The van der Waals surface area contributed by atoms with E-state index in [1.54, 1.807) is 42.5 Å². The summed E-state index contributed by atoms with van der Waals surface area (Å²) in [7, 11) is 0. The lowest BCUT2D eigenvalue weighted by molar-refractivity contribution is -0.0895. The van der Waals surface area contributed by atoms with E-state index in [9.17, 15) is 13.2 Å². The fraction of sp³-hybridized carbons (Fsp3) is 0.0625. The zero-order valence-corrected chi connectivity index (χ0v) is 10.9. The van der Waals surface area contributed by atoms with E-state index in [1.807, 2.05) is 0 Å². The summed E-state index contributed by atoms with van der Waals surface area (Å²) in [5.74, 6) is 0. The van der Waals surface area contributed by atoms with Crippen molar-refractivity contribution in [1.29, 1.82) is 5.26 Å². The van der Waals surface area contributed by atoms with Gasteiger partial charge in [-0.25, -0.2) is 0 Å². The third-order valence-electron chi connectivity index (χ3n) is 2.75. The van der Waals surface area contributed by atoms with Gasteiger partial charge < -0.3 is 5.32 Å². The fourth-order valence-corrected chi connectivity index (χ4v) is 1.81. The Morgan fingerprint density at radius 1 is 0.905 bits per heavy atom. The first-order valence-electron chi connectivity index (χ1n) is 6.11. The number of nitrogens with one attached hydrogen (secondary N) is 1. The first kappa shape index (κ1) is 14.7. The molecule has 0 atom stereocenters. The summed E-state index contributed by atoms with van der Waals surface area (Å²) in [6.07, 6.45) is -4.66. The average Bonchev–Trinajstić information content (AvgIpc) is 2.48. The van der Waals surface area contributed by atoms with Gasteiger partial charge in [-0.05, 0) is 17.7 Å². The second-order valence-corrected chi connectivity index (χ2v) is 4.22. The third-order valence-corrected chi connectivity index (χ3v) is 2.75. The van der Waals surface area contributed by atoms with E-state index >= 15 is 0 Å². The van der Waals surface area contributed by atoms with E-state index in [0.717, 1.165) is 0 Å². The minimum absolute atomic E-state index is 0.218. The molecule has 2 aromatic carbocycles. The highest BCUT2D eigenvalue weighted by Crippen LogP contribution is 2.33. The Morgan fingerprint density at radius 2 is 1.43 bits per heavy atom. The molecule has 0 aliphatic rings. The van der Waals surface area contributed by atoms with Gasteiger partial charge in [0.2, 0.25) is 0 Å². The van der Waals surface area contributed by atoms with Gasteiger partial charge in [0.15, 0.2) is 0 Å². The molecular weight excluding hydrogens is 277 g/mol. The van der Waals surface area contributed by atoms with Gasteiger partial charge in [0, 0.05) is 5.69 Å². The van der Waals surface area contributed by atoms with Gasteiger partial charge in [0.25, 0.3) is 0 Å². The maximum atomic E-state index is 13.3. The van der Waals surface area contributed by atoms with Gasteiger partial charge >= 0.3 is 6.18 Å². The smallest absolute Gasteiger partial charge is 0.350 e. The van der Waals surface area contributed by atoms with Crippen LogP contribution in [0.15, 0.2) is 66.4 Å². The molecule has 2 nitrogen and oxygen atoms in total. The number of rotatable bonds is 3. The summed E-state index contributed by atoms with van der Waals surface area (Å²) in [5.41, 5.74) is -1.02. The van der Waals surface area contributed by atoms with Crippen LogP contribution < -0.4 is 5.32 Å². The normalized spacial score (nSPS) is 12.3. The van der Waals surface area contributed by atoms with Crippen molar-refractivity contribution in [2.45, 2.75) is 6.18 Å². The summed E-state index contributed by atoms with van der Waals surface area (Å²) < 4.78 is 39.8. The number of benzene rings is 2. The van der Waals surface area contributed by atoms with Crippen LogP contribution in [0.3, 0.4) is 0 Å². The van der Waals surface area contributed by atoms with Crippen LogP contribution in [0, 0.1) is 11.3 Å². The van der Waals surface area contributed by atoms with Crippen molar-refractivity contribution < 1.29 is 13.2 Å². The van der Waals surface area contributed by atoms with E-state index in [1.165, 1.54) is 24.3 Å². The van der Waals surface area contributed by atoms with Gasteiger partial charge in [0.05, 0.1) is 5.57 Å². The van der Waals surface area contributed by atoms with E-state index < -0.39 is 17.4 Å². The molecule has 106 valence electrons. The second-order valence-electron chi connectivity index (χ2n) is 4.22. The Labute approximate surface area is 120 Å². The number of hydrogen-bond donors (Lipinski definition) is 1. The maximum Gasteiger partial charge on any atom is 0.432 e. The number of para-hydroxylation sites is 1. The molecular formula is C16H11F3N2. The summed E-state index contributed by atoms with van der Waals surface area (Å²) >= 11 is 0. The molecule has 2 aromatic rings. The van der Waals surface area contributed by atoms with Gasteiger partial charge in [-0.15, -0.1) is 0 Å². The number of nitriles is 1. The molecule has 0 radical (unpaired) electrons. The Balaban J connectivity index is 2.53. The van der Waals surface area contributed by atoms with Crippen molar-refractivity contribution in [1.82, 2.24) is 0 Å². The van der Waals surface area contributed by atoms with Crippen LogP contribution in [0.5, 0.6) is 0 Å². The van der Waals surface area contributed by atoms with Crippen LogP contribution in [0.25, 0.3) is 5.57 Å². The van der Waals surface area contributed by atoms with Crippen LogP contribution in [0.4, 0.5) is 18.9 Å². The molecule has 0 aliphatic carbocycles. The molecule has 0 saturated carbocycles. The predicted octanol–water partition coefficient (Wildman–Crippen LogP) is 4.60. The molecule has 0 saturated heterocycles. The van der Waals surface area contributed by atoms with Gasteiger partial charge in [-0.2, -0.15) is 18.4 Å². The SMILES string of the molecule is N#C/C(=C(\Nc1ccccc1)C(F)(F)F)c1ccccc1. The van der Waals surface area contributed by atoms with Crippen LogP contribution in [0.2, 0.25) is 0 Å². The standard InChI is InChI=1S/C16H11F3N2/c17-16(18,19)15(21-13-9-5-2-6-10-13)14(11-20)12-7-3-1-4-8-12/h1-10,21H/b15-14+. The quantitative estimate of drug-likeness (QED) is 0.838. The molecule has 5 heteroatoms. The second kappa shape index (κ2) is 6.14. The number of hydrogen-bond acceptors (Lipinski definition) is 2. The molecule has 0 heterocycles. The number of halogens is 3. The molecule has 1 N–H and O–H groups in total. The molecule has 0 unspecified atom stereocenters. The lowest BCUT2D eigenvalue weighted by Crippen LogP contribution is -2.21. The Bertz CT molecular complexity index is 668. The van der Waals surface area contributed by atoms with E-state index in [2.05, 4.69) is 5.32 Å².